The molecule has 0 N–H and O–H groups in total. The maximum Gasteiger partial charge on any atom is 0.522 e. The van der Waals surface area contributed by atoms with E-state index in [1.807, 2.05) is 41.5 Å². The molecule has 4 heteroatoms. The van der Waals surface area contributed by atoms with Crippen molar-refractivity contribution >= 4 is 0 Å². The summed E-state index contributed by atoms with van der Waals surface area (Å²) in [5.41, 5.74) is -0.525. The molecule has 0 rings (SSSR count). The van der Waals surface area contributed by atoms with Gasteiger partial charge in [-0.15, -0.1) is 13.2 Å². The number of ether oxygens (including phenoxy) is 1. The van der Waals surface area contributed by atoms with Crippen molar-refractivity contribution in [3.63, 3.8) is 0 Å². The molecule has 0 aliphatic rings. The van der Waals surface area contributed by atoms with Gasteiger partial charge in [0.15, 0.2) is 0 Å². The van der Waals surface area contributed by atoms with Crippen LogP contribution in [0.3, 0.4) is 0 Å². The fourth-order valence-electron chi connectivity index (χ4n) is 2.28. The van der Waals surface area contributed by atoms with Gasteiger partial charge in [0.1, 0.15) is 0 Å². The molecule has 0 saturated carbocycles. The average molecular weight is 282 g/mol. The molecule has 0 amide bonds. The van der Waals surface area contributed by atoms with Crippen LogP contribution in [0.15, 0.2) is 0 Å². The SMILES string of the molecule is CCC(C)(CC)CC(OC(F)(F)F)C(C)(CC)CC. The lowest BCUT2D eigenvalue weighted by molar-refractivity contribution is -0.358. The topological polar surface area (TPSA) is 9.23 Å². The first-order chi connectivity index (χ1) is 8.55. The van der Waals surface area contributed by atoms with Gasteiger partial charge in [-0.1, -0.05) is 54.4 Å². The van der Waals surface area contributed by atoms with E-state index >= 15 is 0 Å². The second kappa shape index (κ2) is 6.96. The lowest BCUT2D eigenvalue weighted by Gasteiger charge is -2.41. The van der Waals surface area contributed by atoms with Crippen LogP contribution in [0.4, 0.5) is 13.2 Å². The van der Waals surface area contributed by atoms with E-state index < -0.39 is 17.9 Å². The third-order valence-electron chi connectivity index (χ3n) is 5.05. The summed E-state index contributed by atoms with van der Waals surface area (Å²) in [5, 5.41) is 0. The van der Waals surface area contributed by atoms with Crippen LogP contribution in [-0.4, -0.2) is 12.5 Å². The molecule has 1 atom stereocenters. The van der Waals surface area contributed by atoms with Crippen LogP contribution in [-0.2, 0) is 4.74 Å². The van der Waals surface area contributed by atoms with E-state index in [-0.39, 0.29) is 5.41 Å². The fourth-order valence-corrected chi connectivity index (χ4v) is 2.28. The summed E-state index contributed by atoms with van der Waals surface area (Å²) >= 11 is 0. The molecule has 0 heterocycles. The largest absolute Gasteiger partial charge is 0.522 e. The van der Waals surface area contributed by atoms with E-state index in [0.717, 1.165) is 12.8 Å². The van der Waals surface area contributed by atoms with E-state index in [2.05, 4.69) is 4.74 Å². The van der Waals surface area contributed by atoms with Gasteiger partial charge in [-0.3, -0.25) is 4.74 Å². The van der Waals surface area contributed by atoms with Crippen molar-refractivity contribution in [2.75, 3.05) is 0 Å². The van der Waals surface area contributed by atoms with Crippen LogP contribution < -0.4 is 0 Å². The molecule has 1 nitrogen and oxygen atoms in total. The van der Waals surface area contributed by atoms with Crippen molar-refractivity contribution < 1.29 is 17.9 Å². The highest BCUT2D eigenvalue weighted by Crippen LogP contribution is 2.43. The molecule has 0 spiro atoms. The smallest absolute Gasteiger partial charge is 0.288 e. The third kappa shape index (κ3) is 5.72. The molecule has 0 aromatic carbocycles. The summed E-state index contributed by atoms with van der Waals surface area (Å²) in [4.78, 5) is 0. The lowest BCUT2D eigenvalue weighted by atomic mass is 9.70. The number of alkyl halides is 3. The minimum Gasteiger partial charge on any atom is -0.288 e. The van der Waals surface area contributed by atoms with Crippen molar-refractivity contribution in [2.45, 2.75) is 86.1 Å². The van der Waals surface area contributed by atoms with Crippen LogP contribution >= 0.6 is 0 Å². The van der Waals surface area contributed by atoms with Crippen molar-refractivity contribution in [1.82, 2.24) is 0 Å². The molecule has 116 valence electrons. The highest BCUT2D eigenvalue weighted by molar-refractivity contribution is 4.87. The van der Waals surface area contributed by atoms with Crippen LogP contribution in [0, 0.1) is 10.8 Å². The van der Waals surface area contributed by atoms with Gasteiger partial charge < -0.3 is 0 Å². The Kier molecular flexibility index (Phi) is 6.87. The third-order valence-corrected chi connectivity index (χ3v) is 5.05. The molecule has 0 aromatic rings. The Morgan fingerprint density at radius 1 is 0.842 bits per heavy atom. The average Bonchev–Trinajstić information content (AvgIpc) is 2.35. The van der Waals surface area contributed by atoms with E-state index in [9.17, 15) is 13.2 Å². The predicted molar refractivity (Wildman–Crippen MR) is 72.9 cm³/mol. The quantitative estimate of drug-likeness (QED) is 0.535. The summed E-state index contributed by atoms with van der Waals surface area (Å²) in [6.07, 6.45) is -1.76. The normalized spacial score (nSPS) is 15.6. The van der Waals surface area contributed by atoms with E-state index in [1.165, 1.54) is 0 Å². The van der Waals surface area contributed by atoms with Gasteiger partial charge in [-0.2, -0.15) is 0 Å². The van der Waals surface area contributed by atoms with E-state index in [4.69, 9.17) is 0 Å². The summed E-state index contributed by atoms with van der Waals surface area (Å²) < 4.78 is 42.5. The van der Waals surface area contributed by atoms with Gasteiger partial charge in [-0.05, 0) is 30.1 Å². The lowest BCUT2D eigenvalue weighted by Crippen LogP contribution is -2.41. The minimum absolute atomic E-state index is 0.0957. The molecule has 0 fully saturated rings. The van der Waals surface area contributed by atoms with Crippen molar-refractivity contribution in [3.05, 3.63) is 0 Å². The first kappa shape index (κ1) is 18.8. The molecule has 0 aliphatic carbocycles. The maximum absolute atomic E-state index is 12.7. The Balaban J connectivity index is 5.18. The zero-order valence-electron chi connectivity index (χ0n) is 13.2. The first-order valence-electron chi connectivity index (χ1n) is 7.30. The van der Waals surface area contributed by atoms with Crippen molar-refractivity contribution in [3.8, 4) is 0 Å². The highest BCUT2D eigenvalue weighted by Gasteiger charge is 2.43. The van der Waals surface area contributed by atoms with Gasteiger partial charge in [0.2, 0.25) is 0 Å². The summed E-state index contributed by atoms with van der Waals surface area (Å²) in [5.74, 6) is 0. The molecule has 0 bridgehead atoms. The Morgan fingerprint density at radius 2 is 1.26 bits per heavy atom. The van der Waals surface area contributed by atoms with Gasteiger partial charge in [0.25, 0.3) is 0 Å². The summed E-state index contributed by atoms with van der Waals surface area (Å²) in [7, 11) is 0. The molecule has 1 unspecified atom stereocenters. The number of hydrogen-bond donors (Lipinski definition) is 0. The van der Waals surface area contributed by atoms with E-state index in [1.54, 1.807) is 0 Å². The maximum atomic E-state index is 12.7. The van der Waals surface area contributed by atoms with Gasteiger partial charge in [0, 0.05) is 0 Å². The minimum atomic E-state index is -4.56. The molecule has 0 aliphatic heterocycles. The zero-order valence-corrected chi connectivity index (χ0v) is 13.2. The number of rotatable bonds is 8. The highest BCUT2D eigenvalue weighted by atomic mass is 19.4. The predicted octanol–water partition coefficient (Wildman–Crippen LogP) is 5.93. The van der Waals surface area contributed by atoms with Crippen LogP contribution in [0.1, 0.15) is 73.6 Å². The fraction of sp³-hybridized carbons (Fsp3) is 1.00. The summed E-state index contributed by atoms with van der Waals surface area (Å²) in [6, 6.07) is 0. The first-order valence-corrected chi connectivity index (χ1v) is 7.30. The Hall–Kier alpha value is -0.250. The van der Waals surface area contributed by atoms with E-state index in [0.29, 0.717) is 19.3 Å². The van der Waals surface area contributed by atoms with Crippen molar-refractivity contribution in [2.24, 2.45) is 10.8 Å². The summed E-state index contributed by atoms with van der Waals surface area (Å²) in [6.45, 7) is 11.9. The zero-order chi connectivity index (χ0) is 15.3. The number of hydrogen-bond acceptors (Lipinski definition) is 1. The Bertz CT molecular complexity index is 253. The Labute approximate surface area is 115 Å². The van der Waals surface area contributed by atoms with Gasteiger partial charge in [-0.25, -0.2) is 0 Å². The molecule has 0 radical (unpaired) electrons. The standard InChI is InChI=1S/C15H29F3O/c1-7-13(5,8-2)11-12(19-15(16,17)18)14(6,9-3)10-4/h12H,7-11H2,1-6H3. The second-order valence-electron chi connectivity index (χ2n) is 6.14. The second-order valence-corrected chi connectivity index (χ2v) is 6.14. The monoisotopic (exact) mass is 282 g/mol. The molecule has 19 heavy (non-hydrogen) atoms. The van der Waals surface area contributed by atoms with Crippen molar-refractivity contribution in [1.29, 1.82) is 0 Å². The molecular formula is C15H29F3O. The molecule has 0 saturated heterocycles. The Morgan fingerprint density at radius 3 is 1.53 bits per heavy atom. The van der Waals surface area contributed by atoms with Gasteiger partial charge >= 0.3 is 6.36 Å². The van der Waals surface area contributed by atoms with Crippen LogP contribution in [0.25, 0.3) is 0 Å². The molecule has 0 aromatic heterocycles. The molecular weight excluding hydrogens is 253 g/mol. The van der Waals surface area contributed by atoms with Crippen LogP contribution in [0.2, 0.25) is 0 Å². The van der Waals surface area contributed by atoms with Gasteiger partial charge in [0.05, 0.1) is 6.10 Å². The van der Waals surface area contributed by atoms with Crippen LogP contribution in [0.5, 0.6) is 0 Å². The number of halogens is 3.